The van der Waals surface area contributed by atoms with E-state index in [1.54, 1.807) is 13.8 Å². The molecule has 106 valence electrons. The summed E-state index contributed by atoms with van der Waals surface area (Å²) in [5.41, 5.74) is 0. The Hall–Kier alpha value is -0.700. The lowest BCUT2D eigenvalue weighted by Crippen LogP contribution is -2.49. The van der Waals surface area contributed by atoms with E-state index in [0.29, 0.717) is 13.2 Å². The van der Waals surface area contributed by atoms with Crippen molar-refractivity contribution < 1.29 is 17.9 Å². The quantitative estimate of drug-likeness (QED) is 0.545. The van der Waals surface area contributed by atoms with Crippen molar-refractivity contribution in [1.82, 2.24) is 15.4 Å². The molecule has 3 N–H and O–H groups in total. The van der Waals surface area contributed by atoms with Gasteiger partial charge < -0.3 is 15.4 Å². The number of hydrogen-bond donors (Lipinski definition) is 3. The van der Waals surface area contributed by atoms with Crippen molar-refractivity contribution >= 4 is 15.9 Å². The van der Waals surface area contributed by atoms with Crippen molar-refractivity contribution in [3.8, 4) is 0 Å². The van der Waals surface area contributed by atoms with E-state index in [1.807, 2.05) is 0 Å². The van der Waals surface area contributed by atoms with Crippen molar-refractivity contribution in [3.05, 3.63) is 0 Å². The fourth-order valence-electron chi connectivity index (χ4n) is 1.57. The third kappa shape index (κ3) is 5.76. The van der Waals surface area contributed by atoms with Crippen LogP contribution in [0.2, 0.25) is 0 Å². The van der Waals surface area contributed by atoms with E-state index in [-0.39, 0.29) is 24.2 Å². The fourth-order valence-corrected chi connectivity index (χ4v) is 2.78. The summed E-state index contributed by atoms with van der Waals surface area (Å²) in [7, 11) is -3.33. The van der Waals surface area contributed by atoms with Gasteiger partial charge in [0.05, 0.1) is 12.4 Å². The van der Waals surface area contributed by atoms with Crippen LogP contribution in [0.3, 0.4) is 0 Å². The number of carbonyl (C=O) groups is 1. The Kier molecular flexibility index (Phi) is 6.00. The Labute approximate surface area is 108 Å². The van der Waals surface area contributed by atoms with Crippen LogP contribution in [0.5, 0.6) is 0 Å². The molecular formula is C10H21N3O4S. The van der Waals surface area contributed by atoms with Gasteiger partial charge in [-0.05, 0) is 13.8 Å². The first-order valence-electron chi connectivity index (χ1n) is 6.01. The van der Waals surface area contributed by atoms with E-state index < -0.39 is 16.1 Å². The average molecular weight is 279 g/mol. The summed E-state index contributed by atoms with van der Waals surface area (Å²) in [6.07, 6.45) is -0.528. The van der Waals surface area contributed by atoms with Crippen LogP contribution < -0.4 is 15.4 Å². The lowest BCUT2D eigenvalue weighted by Gasteiger charge is -2.22. The Balaban J connectivity index is 2.26. The van der Waals surface area contributed by atoms with Crippen LogP contribution in [-0.2, 0) is 19.6 Å². The molecule has 0 radical (unpaired) electrons. The van der Waals surface area contributed by atoms with Gasteiger partial charge in [-0.25, -0.2) is 13.1 Å². The first-order valence-corrected chi connectivity index (χ1v) is 7.66. The molecule has 1 rings (SSSR count). The maximum absolute atomic E-state index is 11.6. The predicted molar refractivity (Wildman–Crippen MR) is 67.7 cm³/mol. The van der Waals surface area contributed by atoms with E-state index in [2.05, 4.69) is 15.4 Å². The van der Waals surface area contributed by atoms with Crippen molar-refractivity contribution in [2.45, 2.75) is 26.0 Å². The van der Waals surface area contributed by atoms with Crippen LogP contribution in [0.15, 0.2) is 0 Å². The highest BCUT2D eigenvalue weighted by atomic mass is 32.2. The number of nitrogens with one attached hydrogen (secondary N) is 3. The molecular weight excluding hydrogens is 258 g/mol. The highest BCUT2D eigenvalue weighted by molar-refractivity contribution is 7.89. The van der Waals surface area contributed by atoms with E-state index in [0.717, 1.165) is 6.54 Å². The minimum Gasteiger partial charge on any atom is -0.366 e. The van der Waals surface area contributed by atoms with Crippen molar-refractivity contribution in [2.24, 2.45) is 0 Å². The molecule has 0 aromatic carbocycles. The maximum Gasteiger partial charge on any atom is 0.250 e. The van der Waals surface area contributed by atoms with E-state index in [1.165, 1.54) is 0 Å². The molecule has 1 unspecified atom stereocenters. The number of rotatable bonds is 6. The standard InChI is InChI=1S/C10H21N3O4S/c1-8(2)13-18(15,16)6-4-12-10(14)9-7-11-3-5-17-9/h8-9,11,13H,3-7H2,1-2H3,(H,12,14). The van der Waals surface area contributed by atoms with Crippen molar-refractivity contribution in [1.29, 1.82) is 0 Å². The molecule has 1 atom stereocenters. The van der Waals surface area contributed by atoms with Gasteiger partial charge in [-0.1, -0.05) is 0 Å². The smallest absolute Gasteiger partial charge is 0.250 e. The van der Waals surface area contributed by atoms with E-state index in [4.69, 9.17) is 4.74 Å². The van der Waals surface area contributed by atoms with Gasteiger partial charge in [0.2, 0.25) is 15.9 Å². The molecule has 1 aliphatic heterocycles. The van der Waals surface area contributed by atoms with Gasteiger partial charge in [-0.15, -0.1) is 0 Å². The van der Waals surface area contributed by atoms with Crippen LogP contribution in [0.4, 0.5) is 0 Å². The van der Waals surface area contributed by atoms with Gasteiger partial charge in [-0.3, -0.25) is 4.79 Å². The molecule has 1 heterocycles. The maximum atomic E-state index is 11.6. The van der Waals surface area contributed by atoms with Gasteiger partial charge >= 0.3 is 0 Å². The topological polar surface area (TPSA) is 96.5 Å². The zero-order chi connectivity index (χ0) is 13.6. The second-order valence-electron chi connectivity index (χ2n) is 4.45. The molecule has 1 aliphatic rings. The number of ether oxygens (including phenoxy) is 1. The molecule has 0 bridgehead atoms. The predicted octanol–water partition coefficient (Wildman–Crippen LogP) is -1.58. The molecule has 0 aliphatic carbocycles. The monoisotopic (exact) mass is 279 g/mol. The van der Waals surface area contributed by atoms with Gasteiger partial charge in [0, 0.05) is 25.7 Å². The summed E-state index contributed by atoms with van der Waals surface area (Å²) in [5.74, 6) is -0.404. The Morgan fingerprint density at radius 3 is 2.78 bits per heavy atom. The molecule has 0 aromatic rings. The lowest BCUT2D eigenvalue weighted by molar-refractivity contribution is -0.134. The molecule has 1 amide bonds. The molecule has 0 saturated carbocycles. The van der Waals surface area contributed by atoms with Gasteiger partial charge in [0.1, 0.15) is 6.10 Å². The van der Waals surface area contributed by atoms with Gasteiger partial charge in [-0.2, -0.15) is 0 Å². The highest BCUT2D eigenvalue weighted by Crippen LogP contribution is 1.95. The summed E-state index contributed by atoms with van der Waals surface area (Å²) >= 11 is 0. The first-order chi connectivity index (χ1) is 8.41. The summed E-state index contributed by atoms with van der Waals surface area (Å²) in [6, 6.07) is -0.142. The molecule has 1 fully saturated rings. The zero-order valence-electron chi connectivity index (χ0n) is 10.7. The SMILES string of the molecule is CC(C)NS(=O)(=O)CCNC(=O)C1CNCCO1. The van der Waals surface area contributed by atoms with Crippen LogP contribution in [-0.4, -0.2) is 58.5 Å². The summed E-state index contributed by atoms with van der Waals surface area (Å²) in [5, 5.41) is 5.59. The minimum atomic E-state index is -3.33. The lowest BCUT2D eigenvalue weighted by atomic mass is 10.3. The number of hydrogen-bond acceptors (Lipinski definition) is 5. The molecule has 18 heavy (non-hydrogen) atoms. The molecule has 0 spiro atoms. The highest BCUT2D eigenvalue weighted by Gasteiger charge is 2.21. The van der Waals surface area contributed by atoms with Crippen molar-refractivity contribution in [2.75, 3.05) is 32.0 Å². The number of carbonyl (C=O) groups excluding carboxylic acids is 1. The van der Waals surface area contributed by atoms with Crippen LogP contribution in [0.25, 0.3) is 0 Å². The first kappa shape index (κ1) is 15.4. The van der Waals surface area contributed by atoms with E-state index in [9.17, 15) is 13.2 Å². The largest absolute Gasteiger partial charge is 0.366 e. The minimum absolute atomic E-state index is 0.0841. The summed E-state index contributed by atoms with van der Waals surface area (Å²) < 4.78 is 30.7. The van der Waals surface area contributed by atoms with Gasteiger partial charge in [0.25, 0.3) is 0 Å². The second-order valence-corrected chi connectivity index (χ2v) is 6.32. The normalized spacial score (nSPS) is 20.9. The number of morpholine rings is 1. The Bertz CT molecular complexity index is 363. The Morgan fingerprint density at radius 2 is 2.22 bits per heavy atom. The zero-order valence-corrected chi connectivity index (χ0v) is 11.5. The van der Waals surface area contributed by atoms with Crippen LogP contribution in [0, 0.1) is 0 Å². The average Bonchev–Trinajstić information content (AvgIpc) is 2.28. The Morgan fingerprint density at radius 1 is 1.50 bits per heavy atom. The fraction of sp³-hybridized carbons (Fsp3) is 0.900. The molecule has 0 aromatic heterocycles. The summed E-state index contributed by atoms with van der Waals surface area (Å²) in [4.78, 5) is 11.6. The van der Waals surface area contributed by atoms with Crippen LogP contribution >= 0.6 is 0 Å². The van der Waals surface area contributed by atoms with Crippen LogP contribution in [0.1, 0.15) is 13.8 Å². The molecule has 1 saturated heterocycles. The van der Waals surface area contributed by atoms with Gasteiger partial charge in [0.15, 0.2) is 0 Å². The van der Waals surface area contributed by atoms with Crippen molar-refractivity contribution in [3.63, 3.8) is 0 Å². The number of sulfonamides is 1. The summed E-state index contributed by atoms with van der Waals surface area (Å²) in [6.45, 7) is 5.26. The third-order valence-corrected chi connectivity index (χ3v) is 3.88. The van der Waals surface area contributed by atoms with E-state index >= 15 is 0 Å². The molecule has 7 nitrogen and oxygen atoms in total. The second kappa shape index (κ2) is 7.03. The number of amides is 1. The third-order valence-electron chi connectivity index (χ3n) is 2.31. The molecule has 8 heteroatoms.